The lowest BCUT2D eigenvalue weighted by molar-refractivity contribution is 0.187. The van der Waals surface area contributed by atoms with Gasteiger partial charge in [0.05, 0.1) is 7.11 Å². The fourth-order valence-corrected chi connectivity index (χ4v) is 1.90. The van der Waals surface area contributed by atoms with Crippen molar-refractivity contribution in [3.05, 3.63) is 48.3 Å². The van der Waals surface area contributed by atoms with Gasteiger partial charge in [-0.05, 0) is 36.4 Å². The van der Waals surface area contributed by atoms with Crippen LogP contribution in [0, 0.1) is 5.82 Å². The van der Waals surface area contributed by atoms with E-state index < -0.39 is 11.9 Å². The molecule has 6 heteroatoms. The Morgan fingerprint density at radius 2 is 2.00 bits per heavy atom. The molecule has 0 aliphatic rings. The number of anilines is 1. The SMILES string of the molecule is COC(=O)Nc1ccc(-c2nc3c(F)cccc3o2)cc1. The molecule has 21 heavy (non-hydrogen) atoms. The Morgan fingerprint density at radius 1 is 1.24 bits per heavy atom. The molecule has 5 nitrogen and oxygen atoms in total. The highest BCUT2D eigenvalue weighted by atomic mass is 19.1. The van der Waals surface area contributed by atoms with Gasteiger partial charge in [0.1, 0.15) is 5.52 Å². The third-order valence-electron chi connectivity index (χ3n) is 2.93. The lowest BCUT2D eigenvalue weighted by atomic mass is 10.2. The van der Waals surface area contributed by atoms with Crippen LogP contribution in [0.15, 0.2) is 46.9 Å². The largest absolute Gasteiger partial charge is 0.453 e. The molecule has 1 aromatic heterocycles. The molecule has 0 unspecified atom stereocenters. The van der Waals surface area contributed by atoms with Crippen LogP contribution in [0.25, 0.3) is 22.6 Å². The van der Waals surface area contributed by atoms with Crippen molar-refractivity contribution in [2.24, 2.45) is 0 Å². The average Bonchev–Trinajstić information content (AvgIpc) is 2.93. The highest BCUT2D eigenvalue weighted by Crippen LogP contribution is 2.26. The van der Waals surface area contributed by atoms with E-state index in [0.717, 1.165) is 0 Å². The number of carbonyl (C=O) groups excluding carboxylic acids is 1. The van der Waals surface area contributed by atoms with E-state index in [-0.39, 0.29) is 5.52 Å². The quantitative estimate of drug-likeness (QED) is 0.778. The van der Waals surface area contributed by atoms with Gasteiger partial charge in [-0.2, -0.15) is 0 Å². The zero-order valence-corrected chi connectivity index (χ0v) is 11.1. The Hall–Kier alpha value is -2.89. The molecule has 0 fully saturated rings. The predicted molar refractivity (Wildman–Crippen MR) is 75.4 cm³/mol. The molecule has 0 aliphatic carbocycles. The normalized spacial score (nSPS) is 10.6. The van der Waals surface area contributed by atoms with E-state index in [1.54, 1.807) is 36.4 Å². The first-order valence-electron chi connectivity index (χ1n) is 6.18. The summed E-state index contributed by atoms with van der Waals surface area (Å²) in [4.78, 5) is 15.2. The molecular formula is C15H11FN2O3. The van der Waals surface area contributed by atoms with Gasteiger partial charge in [0.2, 0.25) is 5.89 Å². The Labute approximate surface area is 119 Å². The Balaban J connectivity index is 1.92. The molecule has 0 atom stereocenters. The number of hydrogen-bond donors (Lipinski definition) is 1. The van der Waals surface area contributed by atoms with Gasteiger partial charge < -0.3 is 9.15 Å². The van der Waals surface area contributed by atoms with Crippen molar-refractivity contribution in [3.63, 3.8) is 0 Å². The van der Waals surface area contributed by atoms with Crippen molar-refractivity contribution >= 4 is 22.9 Å². The number of rotatable bonds is 2. The van der Waals surface area contributed by atoms with E-state index in [2.05, 4.69) is 15.0 Å². The first kappa shape index (κ1) is 13.1. The molecule has 1 N–H and O–H groups in total. The monoisotopic (exact) mass is 286 g/mol. The van der Waals surface area contributed by atoms with E-state index in [9.17, 15) is 9.18 Å². The first-order chi connectivity index (χ1) is 10.2. The molecular weight excluding hydrogens is 275 g/mol. The minimum absolute atomic E-state index is 0.198. The molecule has 3 rings (SSSR count). The maximum absolute atomic E-state index is 13.6. The summed E-state index contributed by atoms with van der Waals surface area (Å²) >= 11 is 0. The number of ether oxygens (including phenoxy) is 1. The van der Waals surface area contributed by atoms with Crippen LogP contribution in [0.2, 0.25) is 0 Å². The fraction of sp³-hybridized carbons (Fsp3) is 0.0667. The third kappa shape index (κ3) is 2.55. The molecule has 3 aromatic rings. The second-order valence-corrected chi connectivity index (χ2v) is 4.30. The van der Waals surface area contributed by atoms with Crippen molar-refractivity contribution in [1.29, 1.82) is 0 Å². The average molecular weight is 286 g/mol. The van der Waals surface area contributed by atoms with Crippen molar-refractivity contribution in [2.45, 2.75) is 0 Å². The molecule has 0 saturated heterocycles. The molecule has 1 amide bonds. The van der Waals surface area contributed by atoms with Gasteiger partial charge >= 0.3 is 6.09 Å². The number of amides is 1. The van der Waals surface area contributed by atoms with Gasteiger partial charge in [0, 0.05) is 11.3 Å². The van der Waals surface area contributed by atoms with Crippen LogP contribution in [0.5, 0.6) is 0 Å². The number of nitrogens with one attached hydrogen (secondary N) is 1. The summed E-state index contributed by atoms with van der Waals surface area (Å²) in [6, 6.07) is 11.3. The number of carbonyl (C=O) groups is 1. The molecule has 0 radical (unpaired) electrons. The first-order valence-corrected chi connectivity index (χ1v) is 6.18. The second kappa shape index (κ2) is 5.24. The molecule has 0 saturated carbocycles. The number of para-hydroxylation sites is 1. The summed E-state index contributed by atoms with van der Waals surface area (Å²) in [5, 5.41) is 2.53. The predicted octanol–water partition coefficient (Wildman–Crippen LogP) is 3.81. The summed E-state index contributed by atoms with van der Waals surface area (Å²) in [5.41, 5.74) is 1.85. The number of halogens is 1. The summed E-state index contributed by atoms with van der Waals surface area (Å²) in [6.45, 7) is 0. The Bertz CT molecular complexity index is 796. The van der Waals surface area contributed by atoms with Crippen LogP contribution >= 0.6 is 0 Å². The van der Waals surface area contributed by atoms with Crippen LogP contribution in [0.1, 0.15) is 0 Å². The van der Waals surface area contributed by atoms with E-state index >= 15 is 0 Å². The van der Waals surface area contributed by atoms with E-state index in [1.807, 2.05) is 0 Å². The summed E-state index contributed by atoms with van der Waals surface area (Å²) < 4.78 is 23.6. The maximum atomic E-state index is 13.6. The van der Waals surface area contributed by atoms with Crippen LogP contribution in [-0.4, -0.2) is 18.2 Å². The van der Waals surface area contributed by atoms with Gasteiger partial charge in [-0.3, -0.25) is 5.32 Å². The number of hydrogen-bond acceptors (Lipinski definition) is 4. The molecule has 0 spiro atoms. The molecule has 106 valence electrons. The smallest absolute Gasteiger partial charge is 0.411 e. The number of aromatic nitrogens is 1. The Kier molecular flexibility index (Phi) is 3.27. The second-order valence-electron chi connectivity index (χ2n) is 4.30. The van der Waals surface area contributed by atoms with Gasteiger partial charge in [-0.25, -0.2) is 14.2 Å². The topological polar surface area (TPSA) is 64.4 Å². The minimum atomic E-state index is -0.549. The zero-order valence-electron chi connectivity index (χ0n) is 11.1. The summed E-state index contributed by atoms with van der Waals surface area (Å²) in [5.74, 6) is -0.105. The number of oxazole rings is 1. The highest BCUT2D eigenvalue weighted by Gasteiger charge is 2.11. The van der Waals surface area contributed by atoms with Crippen LogP contribution < -0.4 is 5.32 Å². The number of benzene rings is 2. The van der Waals surface area contributed by atoms with Gasteiger partial charge in [-0.1, -0.05) is 6.07 Å². The van der Waals surface area contributed by atoms with Gasteiger partial charge in [-0.15, -0.1) is 0 Å². The van der Waals surface area contributed by atoms with Crippen molar-refractivity contribution in [3.8, 4) is 11.5 Å². The number of methoxy groups -OCH3 is 1. The summed E-state index contributed by atoms with van der Waals surface area (Å²) in [7, 11) is 1.29. The lowest BCUT2D eigenvalue weighted by Gasteiger charge is -2.03. The van der Waals surface area contributed by atoms with E-state index in [1.165, 1.54) is 13.2 Å². The Morgan fingerprint density at radius 3 is 2.67 bits per heavy atom. The van der Waals surface area contributed by atoms with Crippen molar-refractivity contribution in [2.75, 3.05) is 12.4 Å². The van der Waals surface area contributed by atoms with E-state index in [4.69, 9.17) is 4.42 Å². The summed E-state index contributed by atoms with van der Waals surface area (Å²) in [6.07, 6.45) is -0.549. The van der Waals surface area contributed by atoms with E-state index in [0.29, 0.717) is 22.7 Å². The van der Waals surface area contributed by atoms with Crippen LogP contribution in [0.3, 0.4) is 0 Å². The molecule has 0 bridgehead atoms. The lowest BCUT2D eigenvalue weighted by Crippen LogP contribution is -2.10. The number of fused-ring (bicyclic) bond motifs is 1. The molecule has 2 aromatic carbocycles. The zero-order chi connectivity index (χ0) is 14.8. The van der Waals surface area contributed by atoms with Crippen LogP contribution in [0.4, 0.5) is 14.9 Å². The van der Waals surface area contributed by atoms with Gasteiger partial charge in [0.25, 0.3) is 0 Å². The number of nitrogens with zero attached hydrogens (tertiary/aromatic N) is 1. The highest BCUT2D eigenvalue weighted by molar-refractivity contribution is 5.85. The van der Waals surface area contributed by atoms with Crippen molar-refractivity contribution in [1.82, 2.24) is 4.98 Å². The molecule has 1 heterocycles. The van der Waals surface area contributed by atoms with Crippen molar-refractivity contribution < 1.29 is 18.3 Å². The van der Waals surface area contributed by atoms with Gasteiger partial charge in [0.15, 0.2) is 11.4 Å². The standard InChI is InChI=1S/C15H11FN2O3/c1-20-15(19)17-10-7-5-9(6-8-10)14-18-13-11(16)3-2-4-12(13)21-14/h2-8H,1H3,(H,17,19). The maximum Gasteiger partial charge on any atom is 0.411 e. The minimum Gasteiger partial charge on any atom is -0.453 e. The van der Waals surface area contributed by atoms with Crippen LogP contribution in [-0.2, 0) is 4.74 Å². The third-order valence-corrected chi connectivity index (χ3v) is 2.93. The molecule has 0 aliphatic heterocycles. The fourth-order valence-electron chi connectivity index (χ4n) is 1.90.